The minimum absolute atomic E-state index is 0.153. The molecule has 0 aliphatic carbocycles. The van der Waals surface area contributed by atoms with Gasteiger partial charge in [0.2, 0.25) is 0 Å². The van der Waals surface area contributed by atoms with Gasteiger partial charge < -0.3 is 10.6 Å². The maximum Gasteiger partial charge on any atom is 0.167 e. The Balaban J connectivity index is 1.86. The summed E-state index contributed by atoms with van der Waals surface area (Å²) in [5, 5.41) is 8.13. The highest BCUT2D eigenvalue weighted by molar-refractivity contribution is 7.80. The lowest BCUT2D eigenvalue weighted by Crippen LogP contribution is -2.36. The molecule has 0 saturated heterocycles. The van der Waals surface area contributed by atoms with E-state index in [2.05, 4.69) is 29.7 Å². The van der Waals surface area contributed by atoms with Crippen LogP contribution in [0.3, 0.4) is 0 Å². The summed E-state index contributed by atoms with van der Waals surface area (Å²) >= 11 is 17.2. The molecule has 0 fully saturated rings. The topological polar surface area (TPSA) is 24.1 Å². The van der Waals surface area contributed by atoms with Gasteiger partial charge >= 0.3 is 0 Å². The second-order valence-corrected chi connectivity index (χ2v) is 5.93. The minimum Gasteiger partial charge on any atom is -0.359 e. The second kappa shape index (κ2) is 7.64. The molecule has 5 heteroatoms. The number of hydrogen-bond acceptors (Lipinski definition) is 1. The third-order valence-electron chi connectivity index (χ3n) is 3.08. The summed E-state index contributed by atoms with van der Waals surface area (Å²) in [5.74, 6) is 0. The molecule has 110 valence electrons. The average molecular weight is 339 g/mol. The van der Waals surface area contributed by atoms with Crippen molar-refractivity contribution in [3.8, 4) is 0 Å². The van der Waals surface area contributed by atoms with Crippen LogP contribution in [-0.4, -0.2) is 5.11 Å². The number of nitrogens with one attached hydrogen (secondary N) is 2. The van der Waals surface area contributed by atoms with E-state index in [-0.39, 0.29) is 6.04 Å². The van der Waals surface area contributed by atoms with Gasteiger partial charge in [-0.25, -0.2) is 0 Å². The number of halogens is 2. The molecule has 0 aromatic heterocycles. The van der Waals surface area contributed by atoms with E-state index in [1.165, 1.54) is 5.56 Å². The highest BCUT2D eigenvalue weighted by Crippen LogP contribution is 2.22. The van der Waals surface area contributed by atoms with Crippen LogP contribution in [0.5, 0.6) is 0 Å². The molecule has 2 aromatic rings. The second-order valence-electron chi connectivity index (χ2n) is 4.71. The lowest BCUT2D eigenvalue weighted by Gasteiger charge is -2.17. The largest absolute Gasteiger partial charge is 0.359 e. The van der Waals surface area contributed by atoms with Crippen molar-refractivity contribution >= 4 is 40.5 Å². The summed E-state index contributed by atoms with van der Waals surface area (Å²) in [6.45, 7) is 2.67. The van der Waals surface area contributed by atoms with E-state index in [0.29, 0.717) is 21.7 Å². The zero-order valence-electron chi connectivity index (χ0n) is 11.6. The Morgan fingerprint density at radius 3 is 2.48 bits per heavy atom. The number of rotatable bonds is 4. The first kappa shape index (κ1) is 16.1. The molecule has 1 unspecified atom stereocenters. The third kappa shape index (κ3) is 4.88. The van der Waals surface area contributed by atoms with E-state index in [1.54, 1.807) is 6.07 Å². The molecular weight excluding hydrogens is 323 g/mol. The molecule has 0 aliphatic heterocycles. The van der Waals surface area contributed by atoms with Crippen molar-refractivity contribution in [3.63, 3.8) is 0 Å². The highest BCUT2D eigenvalue weighted by Gasteiger charge is 2.06. The first-order valence-electron chi connectivity index (χ1n) is 6.59. The predicted octanol–water partition coefficient (Wildman–Crippen LogP) is 4.72. The van der Waals surface area contributed by atoms with Crippen LogP contribution in [0.2, 0.25) is 10.0 Å². The van der Waals surface area contributed by atoms with Crippen LogP contribution in [0.1, 0.15) is 24.1 Å². The zero-order chi connectivity index (χ0) is 15.2. The smallest absolute Gasteiger partial charge is 0.167 e. The van der Waals surface area contributed by atoms with Crippen LogP contribution in [-0.2, 0) is 6.54 Å². The molecule has 0 amide bonds. The van der Waals surface area contributed by atoms with Crippen molar-refractivity contribution in [2.45, 2.75) is 19.5 Å². The van der Waals surface area contributed by atoms with E-state index in [4.69, 9.17) is 35.4 Å². The Hall–Kier alpha value is -1.29. The molecule has 1 atom stereocenters. The Bertz CT molecular complexity index is 617. The van der Waals surface area contributed by atoms with Crippen LogP contribution >= 0.6 is 35.4 Å². The van der Waals surface area contributed by atoms with Gasteiger partial charge in [0, 0.05) is 6.54 Å². The standard InChI is InChI=1S/C16H16Cl2N2S/c1-11(13-5-3-2-4-6-13)20-16(21)19-10-12-7-8-14(17)15(18)9-12/h2-9,11H,10H2,1H3,(H2,19,20,21). The van der Waals surface area contributed by atoms with Crippen molar-refractivity contribution in [3.05, 3.63) is 69.7 Å². The number of benzene rings is 2. The van der Waals surface area contributed by atoms with E-state index in [9.17, 15) is 0 Å². The molecule has 0 radical (unpaired) electrons. The van der Waals surface area contributed by atoms with Gasteiger partial charge in [-0.1, -0.05) is 59.6 Å². The molecule has 2 rings (SSSR count). The van der Waals surface area contributed by atoms with Crippen LogP contribution in [0.4, 0.5) is 0 Å². The van der Waals surface area contributed by atoms with Crippen molar-refractivity contribution in [2.75, 3.05) is 0 Å². The van der Waals surface area contributed by atoms with Gasteiger partial charge in [-0.3, -0.25) is 0 Å². The van der Waals surface area contributed by atoms with Gasteiger partial charge in [-0.2, -0.15) is 0 Å². The van der Waals surface area contributed by atoms with Crippen molar-refractivity contribution in [1.82, 2.24) is 10.6 Å². The molecule has 0 bridgehead atoms. The van der Waals surface area contributed by atoms with Crippen molar-refractivity contribution in [2.24, 2.45) is 0 Å². The van der Waals surface area contributed by atoms with Gasteiger partial charge in [-0.05, 0) is 42.4 Å². The molecule has 0 spiro atoms. The molecule has 0 aliphatic rings. The lowest BCUT2D eigenvalue weighted by atomic mass is 10.1. The monoisotopic (exact) mass is 338 g/mol. The normalized spacial score (nSPS) is 11.8. The summed E-state index contributed by atoms with van der Waals surface area (Å²) in [4.78, 5) is 0. The lowest BCUT2D eigenvalue weighted by molar-refractivity contribution is 0.698. The minimum atomic E-state index is 0.153. The zero-order valence-corrected chi connectivity index (χ0v) is 13.9. The van der Waals surface area contributed by atoms with Gasteiger partial charge in [0.15, 0.2) is 5.11 Å². The van der Waals surface area contributed by atoms with Crippen LogP contribution in [0.15, 0.2) is 48.5 Å². The van der Waals surface area contributed by atoms with Gasteiger partial charge in [0.05, 0.1) is 16.1 Å². The Morgan fingerprint density at radius 2 is 1.81 bits per heavy atom. The van der Waals surface area contributed by atoms with E-state index in [1.807, 2.05) is 30.3 Å². The van der Waals surface area contributed by atoms with Crippen molar-refractivity contribution < 1.29 is 0 Å². The third-order valence-corrected chi connectivity index (χ3v) is 4.09. The molecule has 0 heterocycles. The molecule has 0 saturated carbocycles. The van der Waals surface area contributed by atoms with Gasteiger partial charge in [0.1, 0.15) is 0 Å². The fourth-order valence-electron chi connectivity index (χ4n) is 1.90. The van der Waals surface area contributed by atoms with E-state index in [0.717, 1.165) is 5.56 Å². The molecule has 2 aromatic carbocycles. The molecule has 2 nitrogen and oxygen atoms in total. The SMILES string of the molecule is CC(NC(=S)NCc1ccc(Cl)c(Cl)c1)c1ccccc1. The number of thiocarbonyl (C=S) groups is 1. The fourth-order valence-corrected chi connectivity index (χ4v) is 2.47. The van der Waals surface area contributed by atoms with Gasteiger partial charge in [0.25, 0.3) is 0 Å². The van der Waals surface area contributed by atoms with Crippen LogP contribution in [0.25, 0.3) is 0 Å². The molecule has 2 N–H and O–H groups in total. The Morgan fingerprint density at radius 1 is 1.10 bits per heavy atom. The summed E-state index contributed by atoms with van der Waals surface area (Å²) in [5.41, 5.74) is 2.22. The van der Waals surface area contributed by atoms with Crippen molar-refractivity contribution in [1.29, 1.82) is 0 Å². The predicted molar refractivity (Wildman–Crippen MR) is 93.9 cm³/mol. The number of hydrogen-bond donors (Lipinski definition) is 2. The maximum absolute atomic E-state index is 5.99. The summed E-state index contributed by atoms with van der Waals surface area (Å²) in [6.07, 6.45) is 0. The quantitative estimate of drug-likeness (QED) is 0.789. The van der Waals surface area contributed by atoms with Crippen LogP contribution in [0, 0.1) is 0 Å². The molecule has 21 heavy (non-hydrogen) atoms. The highest BCUT2D eigenvalue weighted by atomic mass is 35.5. The Kier molecular flexibility index (Phi) is 5.85. The fraction of sp³-hybridized carbons (Fsp3) is 0.188. The summed E-state index contributed by atoms with van der Waals surface area (Å²) < 4.78 is 0. The Labute approximate surface area is 140 Å². The van der Waals surface area contributed by atoms with Gasteiger partial charge in [-0.15, -0.1) is 0 Å². The summed E-state index contributed by atoms with van der Waals surface area (Å²) in [7, 11) is 0. The first-order chi connectivity index (χ1) is 10.1. The van der Waals surface area contributed by atoms with E-state index < -0.39 is 0 Å². The summed E-state index contributed by atoms with van der Waals surface area (Å²) in [6, 6.07) is 15.9. The molecular formula is C16H16Cl2N2S. The first-order valence-corrected chi connectivity index (χ1v) is 7.76. The van der Waals surface area contributed by atoms with E-state index >= 15 is 0 Å². The maximum atomic E-state index is 5.99. The van der Waals surface area contributed by atoms with Crippen LogP contribution < -0.4 is 10.6 Å². The average Bonchev–Trinajstić information content (AvgIpc) is 2.49.